The number of hydrogen-bond acceptors (Lipinski definition) is 3. The Hall–Kier alpha value is -3.41. The Morgan fingerprint density at radius 3 is 2.56 bits per heavy atom. The van der Waals surface area contributed by atoms with E-state index in [-0.39, 0.29) is 28.7 Å². The third-order valence-corrected chi connectivity index (χ3v) is 7.31. The van der Waals surface area contributed by atoms with E-state index in [2.05, 4.69) is 44.4 Å². The first-order chi connectivity index (χ1) is 17.1. The van der Waals surface area contributed by atoms with E-state index < -0.39 is 11.6 Å². The third kappa shape index (κ3) is 5.53. The van der Waals surface area contributed by atoms with Crippen LogP contribution in [0.15, 0.2) is 48.5 Å². The van der Waals surface area contributed by atoms with Crippen molar-refractivity contribution in [1.29, 1.82) is 0 Å². The Kier molecular flexibility index (Phi) is 7.34. The van der Waals surface area contributed by atoms with Crippen LogP contribution in [0.25, 0.3) is 0 Å². The van der Waals surface area contributed by atoms with Crippen LogP contribution in [0.5, 0.6) is 5.75 Å². The first-order valence-electron chi connectivity index (χ1n) is 12.5. The molecule has 0 spiro atoms. The number of halogens is 2. The zero-order valence-electron chi connectivity index (χ0n) is 21.3. The number of phenolic OH excluding ortho intramolecular Hbond substituents is 1. The number of aromatic hydroxyl groups is 1. The first-order valence-corrected chi connectivity index (χ1v) is 12.5. The number of aryl methyl sites for hydroxylation is 1. The zero-order chi connectivity index (χ0) is 26.0. The fourth-order valence-electron chi connectivity index (χ4n) is 5.24. The number of carbonyl (C=O) groups excluding carboxylic acids is 1. The molecule has 0 aromatic heterocycles. The van der Waals surface area contributed by atoms with Crippen LogP contribution in [0, 0.1) is 30.9 Å². The Balaban J connectivity index is 1.43. The van der Waals surface area contributed by atoms with Gasteiger partial charge in [0.15, 0.2) is 11.6 Å². The van der Waals surface area contributed by atoms with Crippen molar-refractivity contribution in [2.75, 3.05) is 11.9 Å². The molecule has 0 saturated carbocycles. The highest BCUT2D eigenvalue weighted by molar-refractivity contribution is 5.96. The minimum atomic E-state index is -0.847. The summed E-state index contributed by atoms with van der Waals surface area (Å²) in [6, 6.07) is 12.8. The maximum absolute atomic E-state index is 13.7. The van der Waals surface area contributed by atoms with Gasteiger partial charge in [-0.05, 0) is 97.0 Å². The number of fused-ring (bicyclic) bond motifs is 1. The average Bonchev–Trinajstić information content (AvgIpc) is 3.21. The molecule has 1 unspecified atom stereocenters. The van der Waals surface area contributed by atoms with Crippen LogP contribution in [0.4, 0.5) is 14.5 Å². The number of carbonyl (C=O) groups is 1. The van der Waals surface area contributed by atoms with Crippen LogP contribution in [0.3, 0.4) is 0 Å². The van der Waals surface area contributed by atoms with Crippen molar-refractivity contribution in [3.8, 4) is 5.75 Å². The molecule has 3 aromatic rings. The number of rotatable bonds is 8. The maximum Gasteiger partial charge on any atom is 0.255 e. The zero-order valence-corrected chi connectivity index (χ0v) is 21.3. The van der Waals surface area contributed by atoms with Gasteiger partial charge in [0.25, 0.3) is 5.91 Å². The van der Waals surface area contributed by atoms with Gasteiger partial charge in [-0.1, -0.05) is 32.0 Å². The second kappa shape index (κ2) is 10.3. The SMILES string of the molecule is Cc1cc2c(c(C)c1CC(C)(C)CCNC(=O)c1ccccc1O)CCC2Nc1ccc(F)c(F)c1. The summed E-state index contributed by atoms with van der Waals surface area (Å²) >= 11 is 0. The van der Waals surface area contributed by atoms with Crippen LogP contribution in [-0.4, -0.2) is 17.6 Å². The van der Waals surface area contributed by atoms with E-state index in [4.69, 9.17) is 0 Å². The second-order valence-electron chi connectivity index (χ2n) is 10.6. The van der Waals surface area contributed by atoms with Gasteiger partial charge < -0.3 is 15.7 Å². The lowest BCUT2D eigenvalue weighted by Crippen LogP contribution is -2.29. The van der Waals surface area contributed by atoms with Crippen LogP contribution < -0.4 is 10.6 Å². The number of hydrogen-bond donors (Lipinski definition) is 3. The fourth-order valence-corrected chi connectivity index (χ4v) is 5.24. The highest BCUT2D eigenvalue weighted by Crippen LogP contribution is 2.40. The number of benzene rings is 3. The topological polar surface area (TPSA) is 61.4 Å². The Morgan fingerprint density at radius 1 is 1.08 bits per heavy atom. The van der Waals surface area contributed by atoms with Gasteiger partial charge in [0.2, 0.25) is 0 Å². The molecule has 1 aliphatic rings. The summed E-state index contributed by atoms with van der Waals surface area (Å²) in [5.74, 6) is -1.98. The summed E-state index contributed by atoms with van der Waals surface area (Å²) in [5.41, 5.74) is 7.23. The summed E-state index contributed by atoms with van der Waals surface area (Å²) < 4.78 is 27.0. The molecule has 3 N–H and O–H groups in total. The average molecular weight is 493 g/mol. The Labute approximate surface area is 211 Å². The molecule has 1 aliphatic carbocycles. The number of nitrogens with one attached hydrogen (secondary N) is 2. The van der Waals surface area contributed by atoms with Gasteiger partial charge in [-0.15, -0.1) is 0 Å². The second-order valence-corrected chi connectivity index (χ2v) is 10.6. The van der Waals surface area contributed by atoms with Gasteiger partial charge in [-0.3, -0.25) is 4.79 Å². The first kappa shape index (κ1) is 25.7. The van der Waals surface area contributed by atoms with E-state index in [1.807, 2.05) is 0 Å². The summed E-state index contributed by atoms with van der Waals surface area (Å²) in [6.45, 7) is 9.24. The number of para-hydroxylation sites is 1. The van der Waals surface area contributed by atoms with Gasteiger partial charge in [0.05, 0.1) is 11.6 Å². The lowest BCUT2D eigenvalue weighted by molar-refractivity contribution is 0.0946. The van der Waals surface area contributed by atoms with Crippen molar-refractivity contribution in [3.05, 3.63) is 93.5 Å². The summed E-state index contributed by atoms with van der Waals surface area (Å²) in [4.78, 5) is 12.4. The standard InChI is InChI=1S/C30H34F2N2O2/c1-18-15-23-21(10-12-27(23)34-20-9-11-25(31)26(32)16-20)19(2)24(18)17-30(3,4)13-14-33-29(36)22-7-5-6-8-28(22)35/h5-9,11,15-16,27,34-35H,10,12-14,17H2,1-4H3,(H,33,36). The Bertz CT molecular complexity index is 1290. The van der Waals surface area contributed by atoms with E-state index in [0.717, 1.165) is 31.7 Å². The van der Waals surface area contributed by atoms with Crippen LogP contribution in [-0.2, 0) is 12.8 Å². The molecule has 1 amide bonds. The molecule has 3 aromatic carbocycles. The van der Waals surface area contributed by atoms with E-state index >= 15 is 0 Å². The highest BCUT2D eigenvalue weighted by Gasteiger charge is 2.28. The molecular formula is C30H34F2N2O2. The molecule has 4 nitrogen and oxygen atoms in total. The van der Waals surface area contributed by atoms with Crippen molar-refractivity contribution >= 4 is 11.6 Å². The molecule has 0 bridgehead atoms. The minimum Gasteiger partial charge on any atom is -0.507 e. The van der Waals surface area contributed by atoms with Crippen LogP contribution >= 0.6 is 0 Å². The Morgan fingerprint density at radius 2 is 1.83 bits per heavy atom. The van der Waals surface area contributed by atoms with Gasteiger partial charge in [-0.25, -0.2) is 8.78 Å². The van der Waals surface area contributed by atoms with E-state index in [9.17, 15) is 18.7 Å². The van der Waals surface area contributed by atoms with Crippen molar-refractivity contribution in [2.45, 2.75) is 59.4 Å². The normalized spacial score (nSPS) is 15.0. The van der Waals surface area contributed by atoms with E-state index in [0.29, 0.717) is 12.2 Å². The smallest absolute Gasteiger partial charge is 0.255 e. The van der Waals surface area contributed by atoms with E-state index in [1.165, 1.54) is 39.9 Å². The van der Waals surface area contributed by atoms with Crippen LogP contribution in [0.2, 0.25) is 0 Å². The highest BCUT2D eigenvalue weighted by atomic mass is 19.2. The molecule has 36 heavy (non-hydrogen) atoms. The molecule has 190 valence electrons. The molecule has 0 aliphatic heterocycles. The van der Waals surface area contributed by atoms with E-state index in [1.54, 1.807) is 24.3 Å². The molecule has 0 radical (unpaired) electrons. The van der Waals surface area contributed by atoms with Crippen molar-refractivity contribution < 1.29 is 18.7 Å². The summed E-state index contributed by atoms with van der Waals surface area (Å²) in [6.07, 6.45) is 3.51. The van der Waals surface area contributed by atoms with Gasteiger partial charge in [0, 0.05) is 18.3 Å². The molecule has 0 heterocycles. The molecular weight excluding hydrogens is 458 g/mol. The number of phenols is 1. The largest absolute Gasteiger partial charge is 0.507 e. The molecule has 0 saturated heterocycles. The molecule has 1 atom stereocenters. The van der Waals surface area contributed by atoms with Crippen LogP contribution in [0.1, 0.15) is 70.9 Å². The summed E-state index contributed by atoms with van der Waals surface area (Å²) in [5, 5.41) is 16.2. The number of amides is 1. The third-order valence-electron chi connectivity index (χ3n) is 7.31. The van der Waals surface area contributed by atoms with Gasteiger partial charge in [0.1, 0.15) is 5.75 Å². The lowest BCUT2D eigenvalue weighted by Gasteiger charge is -2.28. The quantitative estimate of drug-likeness (QED) is 0.325. The van der Waals surface area contributed by atoms with Crippen molar-refractivity contribution in [3.63, 3.8) is 0 Å². The predicted octanol–water partition coefficient (Wildman–Crippen LogP) is 6.78. The predicted molar refractivity (Wildman–Crippen MR) is 140 cm³/mol. The van der Waals surface area contributed by atoms with Crippen molar-refractivity contribution in [2.24, 2.45) is 5.41 Å². The van der Waals surface area contributed by atoms with Crippen molar-refractivity contribution in [1.82, 2.24) is 5.32 Å². The molecule has 0 fully saturated rings. The summed E-state index contributed by atoms with van der Waals surface area (Å²) in [7, 11) is 0. The maximum atomic E-state index is 13.7. The fraction of sp³-hybridized carbons (Fsp3) is 0.367. The monoisotopic (exact) mass is 492 g/mol. The lowest BCUT2D eigenvalue weighted by atomic mass is 9.79. The molecule has 4 rings (SSSR count). The van der Waals surface area contributed by atoms with Gasteiger partial charge >= 0.3 is 0 Å². The molecule has 6 heteroatoms. The number of anilines is 1. The van der Waals surface area contributed by atoms with Gasteiger partial charge in [-0.2, -0.15) is 0 Å². The minimum absolute atomic E-state index is 0.0176.